The number of rotatable bonds is 5. The standard InChI is InChI=1S/C21H22N2O2/c1-14-9-15(2)19(16(3)10-14)12-22-20(24)11-18-13-25-21(23-18)17-7-5-4-6-8-17/h4-10,13H,11-12H2,1-3H3,(H,22,24). The molecule has 3 aromatic rings. The highest BCUT2D eigenvalue weighted by molar-refractivity contribution is 5.78. The molecule has 4 nitrogen and oxygen atoms in total. The number of aryl methyl sites for hydroxylation is 3. The summed E-state index contributed by atoms with van der Waals surface area (Å²) in [6.07, 6.45) is 1.75. The van der Waals surface area contributed by atoms with Gasteiger partial charge in [-0.15, -0.1) is 0 Å². The Balaban J connectivity index is 1.61. The van der Waals surface area contributed by atoms with Crippen LogP contribution in [0.1, 0.15) is 27.9 Å². The average molecular weight is 334 g/mol. The smallest absolute Gasteiger partial charge is 0.226 e. The fourth-order valence-corrected chi connectivity index (χ4v) is 3.00. The van der Waals surface area contributed by atoms with Crippen molar-refractivity contribution in [1.29, 1.82) is 0 Å². The molecule has 0 fully saturated rings. The van der Waals surface area contributed by atoms with E-state index in [2.05, 4.69) is 43.2 Å². The Morgan fingerprint density at radius 3 is 2.44 bits per heavy atom. The van der Waals surface area contributed by atoms with Crippen molar-refractivity contribution >= 4 is 5.91 Å². The number of carbonyl (C=O) groups is 1. The Bertz CT molecular complexity index is 859. The minimum absolute atomic E-state index is 0.0627. The lowest BCUT2D eigenvalue weighted by Gasteiger charge is -2.12. The number of hydrogen-bond acceptors (Lipinski definition) is 3. The highest BCUT2D eigenvalue weighted by Crippen LogP contribution is 2.18. The van der Waals surface area contributed by atoms with Gasteiger partial charge >= 0.3 is 0 Å². The van der Waals surface area contributed by atoms with Crippen LogP contribution in [0.15, 0.2) is 53.1 Å². The first-order chi connectivity index (χ1) is 12.0. The highest BCUT2D eigenvalue weighted by Gasteiger charge is 2.11. The van der Waals surface area contributed by atoms with Crippen LogP contribution in [0.2, 0.25) is 0 Å². The molecule has 0 saturated carbocycles. The molecule has 0 aliphatic rings. The van der Waals surface area contributed by atoms with Crippen LogP contribution in [0.3, 0.4) is 0 Å². The lowest BCUT2D eigenvalue weighted by atomic mass is 10.00. The minimum Gasteiger partial charge on any atom is -0.444 e. The van der Waals surface area contributed by atoms with E-state index in [4.69, 9.17) is 4.42 Å². The zero-order valence-electron chi connectivity index (χ0n) is 14.8. The Hall–Kier alpha value is -2.88. The fraction of sp³-hybridized carbons (Fsp3) is 0.238. The summed E-state index contributed by atoms with van der Waals surface area (Å²) < 4.78 is 5.47. The molecule has 0 spiro atoms. The van der Waals surface area contributed by atoms with E-state index in [1.807, 2.05) is 30.3 Å². The minimum atomic E-state index is -0.0627. The molecule has 0 radical (unpaired) electrons. The quantitative estimate of drug-likeness (QED) is 0.763. The third kappa shape index (κ3) is 4.15. The molecule has 0 unspecified atom stereocenters. The summed E-state index contributed by atoms with van der Waals surface area (Å²) in [4.78, 5) is 16.6. The number of carbonyl (C=O) groups excluding carboxylic acids is 1. The van der Waals surface area contributed by atoms with Gasteiger partial charge in [-0.05, 0) is 49.6 Å². The maximum Gasteiger partial charge on any atom is 0.226 e. The third-order valence-electron chi connectivity index (χ3n) is 4.22. The van der Waals surface area contributed by atoms with E-state index < -0.39 is 0 Å². The van der Waals surface area contributed by atoms with Gasteiger partial charge in [0.1, 0.15) is 6.26 Å². The largest absolute Gasteiger partial charge is 0.444 e. The summed E-state index contributed by atoms with van der Waals surface area (Å²) in [6.45, 7) is 6.76. The number of nitrogens with zero attached hydrogens (tertiary/aromatic N) is 1. The van der Waals surface area contributed by atoms with Crippen LogP contribution >= 0.6 is 0 Å². The van der Waals surface area contributed by atoms with Gasteiger partial charge in [-0.3, -0.25) is 4.79 Å². The van der Waals surface area contributed by atoms with E-state index in [9.17, 15) is 4.79 Å². The van der Waals surface area contributed by atoms with Gasteiger partial charge in [-0.2, -0.15) is 0 Å². The SMILES string of the molecule is Cc1cc(C)c(CNC(=O)Cc2coc(-c3ccccc3)n2)c(C)c1. The summed E-state index contributed by atoms with van der Waals surface area (Å²) in [5.74, 6) is 0.473. The number of nitrogens with one attached hydrogen (secondary N) is 1. The number of aromatic nitrogens is 1. The van der Waals surface area contributed by atoms with Crippen molar-refractivity contribution in [2.45, 2.75) is 33.7 Å². The second kappa shape index (κ2) is 7.34. The predicted molar refractivity (Wildman–Crippen MR) is 98.1 cm³/mol. The molecule has 25 heavy (non-hydrogen) atoms. The van der Waals surface area contributed by atoms with E-state index in [-0.39, 0.29) is 12.3 Å². The van der Waals surface area contributed by atoms with E-state index in [1.54, 1.807) is 6.26 Å². The highest BCUT2D eigenvalue weighted by atomic mass is 16.3. The summed E-state index contributed by atoms with van der Waals surface area (Å²) in [5, 5.41) is 2.98. The van der Waals surface area contributed by atoms with Gasteiger partial charge in [0.05, 0.1) is 12.1 Å². The monoisotopic (exact) mass is 334 g/mol. The van der Waals surface area contributed by atoms with E-state index in [1.165, 1.54) is 22.3 Å². The third-order valence-corrected chi connectivity index (χ3v) is 4.22. The molecule has 0 bridgehead atoms. The average Bonchev–Trinajstić information content (AvgIpc) is 3.03. The summed E-state index contributed by atoms with van der Waals surface area (Å²) in [6, 6.07) is 13.9. The van der Waals surface area contributed by atoms with Crippen LogP contribution in [0.4, 0.5) is 0 Å². The Kier molecular flexibility index (Phi) is 4.98. The number of oxazole rings is 1. The summed E-state index contributed by atoms with van der Waals surface area (Å²) in [7, 11) is 0. The molecule has 0 aliphatic heterocycles. The van der Waals surface area contributed by atoms with E-state index in [0.29, 0.717) is 18.1 Å². The molecule has 1 amide bonds. The second-order valence-corrected chi connectivity index (χ2v) is 6.34. The van der Waals surface area contributed by atoms with Crippen molar-refractivity contribution in [2.24, 2.45) is 0 Å². The number of benzene rings is 2. The van der Waals surface area contributed by atoms with Crippen LogP contribution in [-0.2, 0) is 17.8 Å². The predicted octanol–water partition coefficient (Wildman–Crippen LogP) is 4.13. The molecule has 0 saturated heterocycles. The van der Waals surface area contributed by atoms with Crippen LogP contribution < -0.4 is 5.32 Å². The first kappa shape index (κ1) is 17.0. The number of amides is 1. The van der Waals surface area contributed by atoms with Gasteiger partial charge in [-0.25, -0.2) is 4.98 Å². The van der Waals surface area contributed by atoms with E-state index >= 15 is 0 Å². The molecule has 2 aromatic carbocycles. The maximum absolute atomic E-state index is 12.2. The molecule has 1 aromatic heterocycles. The van der Waals surface area contributed by atoms with Gasteiger partial charge in [0, 0.05) is 12.1 Å². The fourth-order valence-electron chi connectivity index (χ4n) is 3.00. The Labute approximate surface area is 147 Å². The lowest BCUT2D eigenvalue weighted by molar-refractivity contribution is -0.120. The zero-order valence-corrected chi connectivity index (χ0v) is 14.8. The topological polar surface area (TPSA) is 55.1 Å². The van der Waals surface area contributed by atoms with Crippen LogP contribution in [0.25, 0.3) is 11.5 Å². The van der Waals surface area contributed by atoms with Gasteiger partial charge in [0.25, 0.3) is 0 Å². The normalized spacial score (nSPS) is 10.7. The molecule has 1 heterocycles. The molecular formula is C21H22N2O2. The van der Waals surface area contributed by atoms with Gasteiger partial charge in [0.15, 0.2) is 0 Å². The Morgan fingerprint density at radius 1 is 1.08 bits per heavy atom. The van der Waals surface area contributed by atoms with Gasteiger partial charge in [-0.1, -0.05) is 35.9 Å². The van der Waals surface area contributed by atoms with Crippen molar-refractivity contribution in [3.8, 4) is 11.5 Å². The first-order valence-corrected chi connectivity index (χ1v) is 8.36. The second-order valence-electron chi connectivity index (χ2n) is 6.34. The lowest BCUT2D eigenvalue weighted by Crippen LogP contribution is -2.25. The number of hydrogen-bond donors (Lipinski definition) is 1. The van der Waals surface area contributed by atoms with Gasteiger partial charge in [0.2, 0.25) is 11.8 Å². The molecule has 3 rings (SSSR count). The molecule has 0 aliphatic carbocycles. The molecule has 1 N–H and O–H groups in total. The Morgan fingerprint density at radius 2 is 1.76 bits per heavy atom. The molecule has 128 valence electrons. The summed E-state index contributed by atoms with van der Waals surface area (Å²) >= 11 is 0. The van der Waals surface area contributed by atoms with Crippen molar-refractivity contribution < 1.29 is 9.21 Å². The van der Waals surface area contributed by atoms with Crippen LogP contribution in [-0.4, -0.2) is 10.9 Å². The molecule has 0 atom stereocenters. The van der Waals surface area contributed by atoms with Gasteiger partial charge < -0.3 is 9.73 Å². The summed E-state index contributed by atoms with van der Waals surface area (Å²) in [5.41, 5.74) is 6.34. The maximum atomic E-state index is 12.2. The molecule has 4 heteroatoms. The van der Waals surface area contributed by atoms with Crippen molar-refractivity contribution in [3.05, 3.63) is 76.7 Å². The first-order valence-electron chi connectivity index (χ1n) is 8.36. The van der Waals surface area contributed by atoms with Crippen LogP contribution in [0, 0.1) is 20.8 Å². The molecular weight excluding hydrogens is 312 g/mol. The van der Waals surface area contributed by atoms with Crippen LogP contribution in [0.5, 0.6) is 0 Å². The van der Waals surface area contributed by atoms with Crippen molar-refractivity contribution in [3.63, 3.8) is 0 Å². The zero-order chi connectivity index (χ0) is 17.8. The van der Waals surface area contributed by atoms with Crippen molar-refractivity contribution in [2.75, 3.05) is 0 Å². The van der Waals surface area contributed by atoms with E-state index in [0.717, 1.165) is 5.56 Å². The van der Waals surface area contributed by atoms with Crippen molar-refractivity contribution in [1.82, 2.24) is 10.3 Å².